The molecule has 0 spiro atoms. The van der Waals surface area contributed by atoms with E-state index in [1.165, 1.54) is 16.4 Å². The molecule has 0 unspecified atom stereocenters. The molecule has 3 heterocycles. The second-order valence-corrected chi connectivity index (χ2v) is 14.9. The SMILES string of the molecule is CCC(/C=C1\C(=O)Nc2ccc(S(=O)(=O)N(CC(C)C)C[C@@H](O)[C@H](Cc3ccccc3)NC(=O)O[C@H]3CO[C@H]4OCC[C@H]43)cc21)CC. The Bertz CT molecular complexity index is 1540. The van der Waals surface area contributed by atoms with Gasteiger partial charge in [0.25, 0.3) is 5.91 Å². The van der Waals surface area contributed by atoms with Crippen molar-refractivity contribution in [2.24, 2.45) is 17.8 Å². The first kappa shape index (κ1) is 35.0. The third-order valence-electron chi connectivity index (χ3n) is 9.13. The van der Waals surface area contributed by atoms with Crippen LogP contribution in [0.3, 0.4) is 0 Å². The number of carbonyl (C=O) groups excluding carboxylic acids is 2. The van der Waals surface area contributed by atoms with E-state index < -0.39 is 34.4 Å². The van der Waals surface area contributed by atoms with Crippen LogP contribution in [0.5, 0.6) is 0 Å². The van der Waals surface area contributed by atoms with Gasteiger partial charge in [0.05, 0.1) is 36.2 Å². The summed E-state index contributed by atoms with van der Waals surface area (Å²) in [4.78, 5) is 26.0. The Balaban J connectivity index is 1.38. The van der Waals surface area contributed by atoms with Gasteiger partial charge in [-0.05, 0) is 61.3 Å². The number of aliphatic hydroxyl groups is 1. The summed E-state index contributed by atoms with van der Waals surface area (Å²) in [6.45, 7) is 8.54. The summed E-state index contributed by atoms with van der Waals surface area (Å²) < 4.78 is 46.5. The van der Waals surface area contributed by atoms with Crippen LogP contribution >= 0.6 is 0 Å². The average Bonchev–Trinajstić information content (AvgIpc) is 3.74. The summed E-state index contributed by atoms with van der Waals surface area (Å²) in [5.74, 6) is -0.176. The number of nitrogens with one attached hydrogen (secondary N) is 2. The van der Waals surface area contributed by atoms with Crippen LogP contribution in [0, 0.1) is 17.8 Å². The van der Waals surface area contributed by atoms with E-state index in [0.29, 0.717) is 23.4 Å². The number of sulfonamides is 1. The summed E-state index contributed by atoms with van der Waals surface area (Å²) in [5, 5.41) is 17.3. The van der Waals surface area contributed by atoms with Gasteiger partial charge >= 0.3 is 6.09 Å². The van der Waals surface area contributed by atoms with E-state index in [9.17, 15) is 23.1 Å². The lowest BCUT2D eigenvalue weighted by molar-refractivity contribution is -0.110. The number of allylic oxidation sites excluding steroid dienone is 1. The quantitative estimate of drug-likeness (QED) is 0.249. The number of hydrogen-bond acceptors (Lipinski definition) is 8. The maximum Gasteiger partial charge on any atom is 0.407 e. The third kappa shape index (κ3) is 8.24. The van der Waals surface area contributed by atoms with Crippen molar-refractivity contribution in [1.29, 1.82) is 0 Å². The van der Waals surface area contributed by atoms with Gasteiger partial charge in [0.2, 0.25) is 10.0 Å². The summed E-state index contributed by atoms with van der Waals surface area (Å²) in [7, 11) is -4.12. The van der Waals surface area contributed by atoms with Gasteiger partial charge < -0.3 is 30.0 Å². The first-order valence-electron chi connectivity index (χ1n) is 16.6. The maximum absolute atomic E-state index is 14.2. The monoisotopic (exact) mass is 669 g/mol. The van der Waals surface area contributed by atoms with E-state index >= 15 is 0 Å². The van der Waals surface area contributed by atoms with Crippen molar-refractivity contribution in [2.45, 2.75) is 82.8 Å². The number of aliphatic hydroxyl groups excluding tert-OH is 1. The first-order chi connectivity index (χ1) is 22.5. The molecule has 0 radical (unpaired) electrons. The molecule has 0 saturated carbocycles. The Morgan fingerprint density at radius 1 is 1.13 bits per heavy atom. The summed E-state index contributed by atoms with van der Waals surface area (Å²) >= 11 is 0. The van der Waals surface area contributed by atoms with Gasteiger partial charge in [0.15, 0.2) is 6.29 Å². The van der Waals surface area contributed by atoms with Crippen LogP contribution in [0.25, 0.3) is 5.57 Å². The molecule has 47 heavy (non-hydrogen) atoms. The fraction of sp³-hybridized carbons (Fsp3) is 0.543. The van der Waals surface area contributed by atoms with Gasteiger partial charge in [-0.1, -0.05) is 64.1 Å². The molecule has 2 aromatic carbocycles. The van der Waals surface area contributed by atoms with E-state index in [-0.39, 0.29) is 61.0 Å². The van der Waals surface area contributed by atoms with Crippen LogP contribution in [0.4, 0.5) is 10.5 Å². The Morgan fingerprint density at radius 2 is 1.87 bits per heavy atom. The van der Waals surface area contributed by atoms with Crippen LogP contribution in [0.15, 0.2) is 59.5 Å². The van der Waals surface area contributed by atoms with Crippen LogP contribution in [0.1, 0.15) is 58.1 Å². The molecular weight excluding hydrogens is 622 g/mol. The van der Waals surface area contributed by atoms with Gasteiger partial charge in [-0.2, -0.15) is 4.31 Å². The molecule has 0 bridgehead atoms. The molecule has 2 saturated heterocycles. The smallest absolute Gasteiger partial charge is 0.407 e. The Labute approximate surface area is 277 Å². The fourth-order valence-electron chi connectivity index (χ4n) is 6.44. The molecule has 2 amide bonds. The number of carbonyl (C=O) groups is 2. The molecule has 2 aromatic rings. The first-order valence-corrected chi connectivity index (χ1v) is 18.0. The van der Waals surface area contributed by atoms with Crippen molar-refractivity contribution in [3.05, 3.63) is 65.7 Å². The molecule has 2 fully saturated rings. The highest BCUT2D eigenvalue weighted by Crippen LogP contribution is 2.36. The number of nitrogens with zero attached hydrogens (tertiary/aromatic N) is 1. The molecule has 0 aliphatic carbocycles. The second-order valence-electron chi connectivity index (χ2n) is 13.0. The highest BCUT2D eigenvalue weighted by atomic mass is 32.2. The predicted molar refractivity (Wildman–Crippen MR) is 178 cm³/mol. The number of rotatable bonds is 14. The van der Waals surface area contributed by atoms with Gasteiger partial charge in [0, 0.05) is 29.9 Å². The lowest BCUT2D eigenvalue weighted by Gasteiger charge is -2.31. The van der Waals surface area contributed by atoms with E-state index in [0.717, 1.165) is 24.8 Å². The Hall–Kier alpha value is -3.29. The minimum absolute atomic E-state index is 0.0256. The zero-order valence-electron chi connectivity index (χ0n) is 27.6. The number of alkyl carbamates (subject to hydrolysis) is 1. The lowest BCUT2D eigenvalue weighted by Crippen LogP contribution is -2.51. The highest BCUT2D eigenvalue weighted by molar-refractivity contribution is 7.89. The van der Waals surface area contributed by atoms with Gasteiger partial charge in [0.1, 0.15) is 6.10 Å². The number of benzene rings is 2. The second kappa shape index (κ2) is 15.3. The molecule has 3 N–H and O–H groups in total. The highest BCUT2D eigenvalue weighted by Gasteiger charge is 2.44. The summed E-state index contributed by atoms with van der Waals surface area (Å²) in [5.41, 5.74) is 2.44. The minimum atomic E-state index is -4.12. The molecule has 11 nitrogen and oxygen atoms in total. The van der Waals surface area contributed by atoms with Crippen LogP contribution < -0.4 is 10.6 Å². The molecule has 256 valence electrons. The van der Waals surface area contributed by atoms with Crippen molar-refractivity contribution < 1.29 is 37.3 Å². The van der Waals surface area contributed by atoms with Crippen molar-refractivity contribution in [1.82, 2.24) is 9.62 Å². The normalized spacial score (nSPS) is 22.9. The minimum Gasteiger partial charge on any atom is -0.443 e. The zero-order valence-corrected chi connectivity index (χ0v) is 28.4. The molecule has 3 aliphatic heterocycles. The topological polar surface area (TPSA) is 144 Å². The number of amides is 2. The molecule has 3 aliphatic rings. The Kier molecular flexibility index (Phi) is 11.4. The largest absolute Gasteiger partial charge is 0.443 e. The Morgan fingerprint density at radius 3 is 2.57 bits per heavy atom. The van der Waals surface area contributed by atoms with Crippen LogP contribution in [-0.4, -0.2) is 80.7 Å². The number of hydrogen-bond donors (Lipinski definition) is 3. The zero-order chi connectivity index (χ0) is 33.7. The van der Waals surface area contributed by atoms with Gasteiger partial charge in [-0.25, -0.2) is 13.2 Å². The van der Waals surface area contributed by atoms with Crippen LogP contribution in [0.2, 0.25) is 0 Å². The third-order valence-corrected chi connectivity index (χ3v) is 11.0. The van der Waals surface area contributed by atoms with E-state index in [1.54, 1.807) is 6.07 Å². The number of ether oxygens (including phenoxy) is 3. The standard InChI is InChI=1S/C35H47N3O8S/c1-5-23(6-2)16-28-27-18-25(12-13-29(27)36-33(28)40)47(42,43)38(19-22(3)4)20-31(39)30(17-24-10-8-7-9-11-24)37-35(41)46-32-21-45-34-26(32)14-15-44-34/h7-13,16,18,22-23,26,30-32,34,39H,5-6,14-15,17,19-21H2,1-4H3,(H,36,40)(H,37,41)/b28-16-/t26-,30-,31+,32-,34+/m0/s1. The average molecular weight is 670 g/mol. The van der Waals surface area contributed by atoms with E-state index in [1.807, 2.05) is 50.3 Å². The van der Waals surface area contributed by atoms with Crippen LogP contribution in [-0.2, 0) is 35.4 Å². The van der Waals surface area contributed by atoms with Crippen molar-refractivity contribution in [3.8, 4) is 0 Å². The summed E-state index contributed by atoms with van der Waals surface area (Å²) in [6, 6.07) is 13.1. The fourth-order valence-corrected chi connectivity index (χ4v) is 8.09. The molecule has 0 aromatic heterocycles. The van der Waals surface area contributed by atoms with Crippen molar-refractivity contribution in [3.63, 3.8) is 0 Å². The predicted octanol–water partition coefficient (Wildman–Crippen LogP) is 4.56. The molecule has 12 heteroatoms. The number of anilines is 1. The van der Waals surface area contributed by atoms with Gasteiger partial charge in [-0.15, -0.1) is 0 Å². The summed E-state index contributed by atoms with van der Waals surface area (Å²) in [6.07, 6.45) is 1.77. The molecular formula is C35H47N3O8S. The number of fused-ring (bicyclic) bond motifs is 2. The van der Waals surface area contributed by atoms with E-state index in [2.05, 4.69) is 24.5 Å². The lowest BCUT2D eigenvalue weighted by atomic mass is 9.97. The van der Waals surface area contributed by atoms with E-state index in [4.69, 9.17) is 14.2 Å². The van der Waals surface area contributed by atoms with Crippen molar-refractivity contribution in [2.75, 3.05) is 31.6 Å². The molecule has 5 rings (SSSR count). The molecule has 5 atom stereocenters. The van der Waals surface area contributed by atoms with Gasteiger partial charge in [-0.3, -0.25) is 4.79 Å². The van der Waals surface area contributed by atoms with Crippen molar-refractivity contribution >= 4 is 33.3 Å². The maximum atomic E-state index is 14.2.